The zero-order valence-corrected chi connectivity index (χ0v) is 10.7. The third-order valence-corrected chi connectivity index (χ3v) is 3.12. The molecule has 0 aliphatic rings. The average Bonchev–Trinajstić information content (AvgIpc) is 2.55. The summed E-state index contributed by atoms with van der Waals surface area (Å²) in [6.45, 7) is 3.83. The Hall–Kier alpha value is -1.43. The molecule has 0 saturated carbocycles. The topological polar surface area (TPSA) is 76.4 Å². The lowest BCUT2D eigenvalue weighted by Crippen LogP contribution is -2.17. The third-order valence-electron chi connectivity index (χ3n) is 1.91. The zero-order valence-electron chi connectivity index (χ0n) is 9.88. The molecule has 0 unspecified atom stereocenters. The molecule has 0 fully saturated rings. The molecule has 0 atom stereocenters. The standard InChI is InChI=1S/C10H17N3O2S/c1-5(2)15-7-6(11)8(9(14)12-3)16-10(7)13-4/h5,13H,11H2,1-4H3,(H,12,14). The average molecular weight is 243 g/mol. The molecular formula is C10H17N3O2S. The van der Waals surface area contributed by atoms with Crippen LogP contribution in [0.4, 0.5) is 10.7 Å². The van der Waals surface area contributed by atoms with Crippen LogP contribution >= 0.6 is 11.3 Å². The van der Waals surface area contributed by atoms with Gasteiger partial charge in [0.15, 0.2) is 5.75 Å². The van der Waals surface area contributed by atoms with Gasteiger partial charge in [-0.25, -0.2) is 0 Å². The zero-order chi connectivity index (χ0) is 12.3. The van der Waals surface area contributed by atoms with Crippen molar-refractivity contribution in [3.8, 4) is 5.75 Å². The van der Waals surface area contributed by atoms with Gasteiger partial charge in [0.2, 0.25) is 0 Å². The molecule has 0 aromatic carbocycles. The van der Waals surface area contributed by atoms with Gasteiger partial charge >= 0.3 is 0 Å². The van der Waals surface area contributed by atoms with Crippen LogP contribution in [-0.4, -0.2) is 26.1 Å². The first-order valence-electron chi connectivity index (χ1n) is 5.00. The summed E-state index contributed by atoms with van der Waals surface area (Å²) in [5.41, 5.74) is 6.28. The van der Waals surface area contributed by atoms with Gasteiger partial charge in [-0.15, -0.1) is 11.3 Å². The lowest BCUT2D eigenvalue weighted by Gasteiger charge is -2.11. The highest BCUT2D eigenvalue weighted by Gasteiger charge is 2.21. The van der Waals surface area contributed by atoms with Crippen LogP contribution in [0.25, 0.3) is 0 Å². The monoisotopic (exact) mass is 243 g/mol. The highest BCUT2D eigenvalue weighted by molar-refractivity contribution is 7.19. The van der Waals surface area contributed by atoms with E-state index in [1.54, 1.807) is 14.1 Å². The van der Waals surface area contributed by atoms with Crippen molar-refractivity contribution in [2.24, 2.45) is 0 Å². The van der Waals surface area contributed by atoms with Gasteiger partial charge in [-0.3, -0.25) is 4.79 Å². The van der Waals surface area contributed by atoms with Gasteiger partial charge in [-0.05, 0) is 13.8 Å². The Balaban J connectivity index is 3.15. The minimum absolute atomic E-state index is 0.0153. The van der Waals surface area contributed by atoms with Crippen molar-refractivity contribution in [3.05, 3.63) is 4.88 Å². The van der Waals surface area contributed by atoms with Crippen molar-refractivity contribution in [2.45, 2.75) is 20.0 Å². The maximum atomic E-state index is 11.5. The fraction of sp³-hybridized carbons (Fsp3) is 0.500. The van der Waals surface area contributed by atoms with Crippen molar-refractivity contribution in [1.29, 1.82) is 0 Å². The molecule has 0 aliphatic carbocycles. The number of nitrogen functional groups attached to an aromatic ring is 1. The first kappa shape index (κ1) is 12.6. The summed E-state index contributed by atoms with van der Waals surface area (Å²) < 4.78 is 5.59. The predicted molar refractivity (Wildman–Crippen MR) is 67.4 cm³/mol. The Morgan fingerprint density at radius 3 is 2.50 bits per heavy atom. The SMILES string of the molecule is CNC(=O)c1sc(NC)c(OC(C)C)c1N. The van der Waals surface area contributed by atoms with Crippen LogP contribution in [0, 0.1) is 0 Å². The molecule has 1 aromatic heterocycles. The number of amides is 1. The molecule has 1 amide bonds. The fourth-order valence-corrected chi connectivity index (χ4v) is 2.18. The fourth-order valence-electron chi connectivity index (χ4n) is 1.23. The van der Waals surface area contributed by atoms with E-state index >= 15 is 0 Å². The van der Waals surface area contributed by atoms with E-state index < -0.39 is 0 Å². The van der Waals surface area contributed by atoms with Gasteiger partial charge < -0.3 is 21.1 Å². The van der Waals surface area contributed by atoms with E-state index in [1.807, 2.05) is 13.8 Å². The maximum Gasteiger partial charge on any atom is 0.263 e. The lowest BCUT2D eigenvalue weighted by atomic mass is 10.3. The van der Waals surface area contributed by atoms with Crippen LogP contribution in [0.2, 0.25) is 0 Å². The summed E-state index contributed by atoms with van der Waals surface area (Å²) in [4.78, 5) is 12.0. The molecule has 5 nitrogen and oxygen atoms in total. The van der Waals surface area contributed by atoms with Crippen molar-refractivity contribution < 1.29 is 9.53 Å². The molecule has 0 radical (unpaired) electrons. The van der Waals surface area contributed by atoms with E-state index in [9.17, 15) is 4.79 Å². The van der Waals surface area contributed by atoms with Gasteiger partial charge in [0, 0.05) is 14.1 Å². The van der Waals surface area contributed by atoms with Crippen LogP contribution in [0.15, 0.2) is 0 Å². The molecule has 6 heteroatoms. The number of carbonyl (C=O) groups is 1. The molecule has 0 aliphatic heterocycles. The number of thiophene rings is 1. The summed E-state index contributed by atoms with van der Waals surface area (Å²) in [6.07, 6.45) is 0.0153. The van der Waals surface area contributed by atoms with Crippen LogP contribution < -0.4 is 21.1 Å². The number of rotatable bonds is 4. The molecule has 4 N–H and O–H groups in total. The van der Waals surface area contributed by atoms with Gasteiger partial charge in [0.25, 0.3) is 5.91 Å². The Labute approximate surface area is 99.0 Å². The Bertz CT molecular complexity index is 388. The normalized spacial score (nSPS) is 10.3. The van der Waals surface area contributed by atoms with Crippen LogP contribution in [-0.2, 0) is 0 Å². The second-order valence-corrected chi connectivity index (χ2v) is 4.52. The van der Waals surface area contributed by atoms with Crippen LogP contribution in [0.1, 0.15) is 23.5 Å². The minimum Gasteiger partial charge on any atom is -0.486 e. The van der Waals surface area contributed by atoms with Gasteiger partial charge in [-0.1, -0.05) is 0 Å². The first-order chi connectivity index (χ1) is 7.51. The second-order valence-electron chi connectivity index (χ2n) is 3.50. The number of carbonyl (C=O) groups excluding carboxylic acids is 1. The second kappa shape index (κ2) is 5.07. The number of anilines is 2. The molecule has 90 valence electrons. The van der Waals surface area contributed by atoms with Gasteiger partial charge in [0.05, 0.1) is 6.10 Å². The Morgan fingerprint density at radius 1 is 1.44 bits per heavy atom. The summed E-state index contributed by atoms with van der Waals surface area (Å²) in [5.74, 6) is 0.360. The molecule has 0 bridgehead atoms. The van der Waals surface area contributed by atoms with E-state index in [1.165, 1.54) is 11.3 Å². The highest BCUT2D eigenvalue weighted by atomic mass is 32.1. The number of nitrogens with one attached hydrogen (secondary N) is 2. The predicted octanol–water partition coefficient (Wildman–Crippen LogP) is 1.52. The summed E-state index contributed by atoms with van der Waals surface area (Å²) in [5, 5.41) is 6.29. The van der Waals surface area contributed by atoms with E-state index in [4.69, 9.17) is 10.5 Å². The van der Waals surface area contributed by atoms with Crippen molar-refractivity contribution in [1.82, 2.24) is 5.32 Å². The van der Waals surface area contributed by atoms with E-state index in [0.717, 1.165) is 5.00 Å². The molecule has 0 spiro atoms. The first-order valence-corrected chi connectivity index (χ1v) is 5.81. The largest absolute Gasteiger partial charge is 0.486 e. The van der Waals surface area contributed by atoms with Crippen molar-refractivity contribution >= 4 is 27.9 Å². The van der Waals surface area contributed by atoms with Crippen LogP contribution in [0.5, 0.6) is 5.75 Å². The van der Waals surface area contributed by atoms with Crippen molar-refractivity contribution in [3.63, 3.8) is 0 Å². The third kappa shape index (κ3) is 2.38. The molecule has 1 heterocycles. The lowest BCUT2D eigenvalue weighted by molar-refractivity contribution is 0.0967. The molecule has 16 heavy (non-hydrogen) atoms. The Kier molecular flexibility index (Phi) is 4.00. The summed E-state index contributed by atoms with van der Waals surface area (Å²) in [6, 6.07) is 0. The number of nitrogens with two attached hydrogens (primary N) is 1. The van der Waals surface area contributed by atoms with E-state index in [0.29, 0.717) is 16.3 Å². The van der Waals surface area contributed by atoms with Gasteiger partial charge in [0.1, 0.15) is 15.6 Å². The summed E-state index contributed by atoms with van der Waals surface area (Å²) in [7, 11) is 3.34. The molecule has 1 aromatic rings. The number of ether oxygens (including phenoxy) is 1. The maximum absolute atomic E-state index is 11.5. The number of hydrogen-bond acceptors (Lipinski definition) is 5. The van der Waals surface area contributed by atoms with E-state index in [-0.39, 0.29) is 12.0 Å². The smallest absolute Gasteiger partial charge is 0.263 e. The molecular weight excluding hydrogens is 226 g/mol. The van der Waals surface area contributed by atoms with E-state index in [2.05, 4.69) is 10.6 Å². The quantitative estimate of drug-likeness (QED) is 0.749. The van der Waals surface area contributed by atoms with Crippen LogP contribution in [0.3, 0.4) is 0 Å². The highest BCUT2D eigenvalue weighted by Crippen LogP contribution is 2.42. The van der Waals surface area contributed by atoms with Crippen molar-refractivity contribution in [2.75, 3.05) is 25.1 Å². The number of hydrogen-bond donors (Lipinski definition) is 3. The minimum atomic E-state index is -0.197. The van der Waals surface area contributed by atoms with Gasteiger partial charge in [-0.2, -0.15) is 0 Å². The molecule has 0 saturated heterocycles. The summed E-state index contributed by atoms with van der Waals surface area (Å²) >= 11 is 1.29. The Morgan fingerprint density at radius 2 is 2.06 bits per heavy atom. The molecule has 1 rings (SSSR count).